The van der Waals surface area contributed by atoms with Gasteiger partial charge in [0.1, 0.15) is 6.23 Å². The number of hydrogen-bond donors (Lipinski definition) is 1. The fraction of sp³-hybridized carbons (Fsp3) is 0.423. The highest BCUT2D eigenvalue weighted by Crippen LogP contribution is 2.39. The average Bonchev–Trinajstić information content (AvgIpc) is 2.80. The molecule has 1 fully saturated rings. The van der Waals surface area contributed by atoms with Gasteiger partial charge in [0.25, 0.3) is 0 Å². The van der Waals surface area contributed by atoms with Gasteiger partial charge in [0.15, 0.2) is 0 Å². The van der Waals surface area contributed by atoms with E-state index in [-0.39, 0.29) is 30.1 Å². The number of piperidine rings is 1. The van der Waals surface area contributed by atoms with Gasteiger partial charge in [-0.15, -0.1) is 0 Å². The highest BCUT2D eigenvalue weighted by molar-refractivity contribution is 5.78. The van der Waals surface area contributed by atoms with Crippen LogP contribution in [0.15, 0.2) is 72.3 Å². The van der Waals surface area contributed by atoms with Crippen molar-refractivity contribution in [2.75, 3.05) is 13.2 Å². The molecule has 4 atom stereocenters. The second-order valence-electron chi connectivity index (χ2n) is 8.21. The maximum Gasteiger partial charge on any atom is 0.222 e. The van der Waals surface area contributed by atoms with Gasteiger partial charge in [-0.25, -0.2) is 0 Å². The maximum absolute atomic E-state index is 12.3. The molecule has 0 aromatic heterocycles. The fourth-order valence-corrected chi connectivity index (χ4v) is 4.53. The van der Waals surface area contributed by atoms with Gasteiger partial charge in [-0.1, -0.05) is 66.7 Å². The zero-order valence-electron chi connectivity index (χ0n) is 18.0. The standard InChI is InChI=1S/C26H31NO4/c1-2-30-26-24-14-22(31-17-20-11-7-4-8-12-20)13-21(23(24)15-25(28)27-26)18-29-16-19-9-5-3-6-10-19/h3-13,22-24,26H,2,14-18H2,1H3,(H,27,28)/t22-,23+,24-,26?/m0/s1. The summed E-state index contributed by atoms with van der Waals surface area (Å²) in [5.41, 5.74) is 3.43. The minimum Gasteiger partial charge on any atom is -0.372 e. The molecule has 31 heavy (non-hydrogen) atoms. The Balaban J connectivity index is 1.47. The molecule has 2 aromatic rings. The lowest BCUT2D eigenvalue weighted by atomic mass is 9.72. The lowest BCUT2D eigenvalue weighted by Crippen LogP contribution is -2.53. The fourth-order valence-electron chi connectivity index (χ4n) is 4.53. The largest absolute Gasteiger partial charge is 0.372 e. The first kappa shape index (κ1) is 21.8. The highest BCUT2D eigenvalue weighted by atomic mass is 16.5. The van der Waals surface area contributed by atoms with E-state index >= 15 is 0 Å². The average molecular weight is 422 g/mol. The van der Waals surface area contributed by atoms with E-state index < -0.39 is 0 Å². The normalized spacial score (nSPS) is 25.5. The van der Waals surface area contributed by atoms with Gasteiger partial charge < -0.3 is 19.5 Å². The first-order valence-electron chi connectivity index (χ1n) is 11.1. The number of benzene rings is 2. The summed E-state index contributed by atoms with van der Waals surface area (Å²) in [4.78, 5) is 12.3. The molecule has 4 rings (SSSR count). The molecular formula is C26H31NO4. The molecule has 5 nitrogen and oxygen atoms in total. The van der Waals surface area contributed by atoms with Crippen LogP contribution in [0.4, 0.5) is 0 Å². The Bertz CT molecular complexity index is 867. The second kappa shape index (κ2) is 10.7. The quantitative estimate of drug-likeness (QED) is 0.616. The third kappa shape index (κ3) is 5.82. The third-order valence-corrected chi connectivity index (χ3v) is 6.03. The van der Waals surface area contributed by atoms with Crippen LogP contribution in [0.25, 0.3) is 0 Å². The predicted molar refractivity (Wildman–Crippen MR) is 119 cm³/mol. The Morgan fingerprint density at radius 1 is 0.903 bits per heavy atom. The summed E-state index contributed by atoms with van der Waals surface area (Å²) in [6.07, 6.45) is 3.16. The summed E-state index contributed by atoms with van der Waals surface area (Å²) >= 11 is 0. The molecule has 164 valence electrons. The van der Waals surface area contributed by atoms with E-state index in [9.17, 15) is 4.79 Å². The van der Waals surface area contributed by atoms with Crippen LogP contribution >= 0.6 is 0 Å². The van der Waals surface area contributed by atoms with Gasteiger partial charge in [0.05, 0.1) is 25.9 Å². The summed E-state index contributed by atoms with van der Waals surface area (Å²) in [5, 5.41) is 3.03. The van der Waals surface area contributed by atoms with Crippen LogP contribution in [0.2, 0.25) is 0 Å². The molecule has 1 amide bonds. The topological polar surface area (TPSA) is 56.8 Å². The molecule has 0 bridgehead atoms. The molecule has 1 aliphatic heterocycles. The monoisotopic (exact) mass is 421 g/mol. The van der Waals surface area contributed by atoms with E-state index in [1.165, 1.54) is 0 Å². The molecule has 1 aliphatic carbocycles. The van der Waals surface area contributed by atoms with Crippen molar-refractivity contribution in [2.45, 2.75) is 45.3 Å². The van der Waals surface area contributed by atoms with E-state index in [1.54, 1.807) is 0 Å². The summed E-state index contributed by atoms with van der Waals surface area (Å²) in [6, 6.07) is 20.3. The summed E-state index contributed by atoms with van der Waals surface area (Å²) < 4.78 is 18.2. The molecule has 1 unspecified atom stereocenters. The molecule has 2 aromatic carbocycles. The van der Waals surface area contributed by atoms with E-state index in [2.05, 4.69) is 35.7 Å². The number of nitrogens with one attached hydrogen (secondary N) is 1. The van der Waals surface area contributed by atoms with E-state index in [0.29, 0.717) is 32.8 Å². The van der Waals surface area contributed by atoms with Gasteiger partial charge in [-0.05, 0) is 36.0 Å². The Kier molecular flexibility index (Phi) is 7.52. The third-order valence-electron chi connectivity index (χ3n) is 6.03. The van der Waals surface area contributed by atoms with Crippen LogP contribution in [-0.2, 0) is 32.2 Å². The van der Waals surface area contributed by atoms with Crippen LogP contribution in [0.1, 0.15) is 30.9 Å². The molecule has 0 radical (unpaired) electrons. The first-order chi connectivity index (χ1) is 15.2. The maximum atomic E-state index is 12.3. The molecule has 1 heterocycles. The van der Waals surface area contributed by atoms with Crippen molar-refractivity contribution in [3.05, 3.63) is 83.4 Å². The minimum atomic E-state index is -0.281. The molecule has 1 saturated heterocycles. The Morgan fingerprint density at radius 2 is 1.58 bits per heavy atom. The van der Waals surface area contributed by atoms with E-state index in [0.717, 1.165) is 23.1 Å². The predicted octanol–water partition coefficient (Wildman–Crippen LogP) is 4.23. The lowest BCUT2D eigenvalue weighted by molar-refractivity contribution is -0.138. The summed E-state index contributed by atoms with van der Waals surface area (Å²) in [7, 11) is 0. The van der Waals surface area contributed by atoms with Gasteiger partial charge in [0, 0.05) is 18.9 Å². The van der Waals surface area contributed by atoms with Crippen LogP contribution in [0, 0.1) is 11.8 Å². The van der Waals surface area contributed by atoms with Crippen molar-refractivity contribution in [2.24, 2.45) is 11.8 Å². The van der Waals surface area contributed by atoms with Crippen molar-refractivity contribution in [3.63, 3.8) is 0 Å². The van der Waals surface area contributed by atoms with Crippen LogP contribution in [-0.4, -0.2) is 31.5 Å². The van der Waals surface area contributed by atoms with E-state index in [1.807, 2.05) is 43.3 Å². The van der Waals surface area contributed by atoms with Crippen molar-refractivity contribution < 1.29 is 19.0 Å². The molecule has 5 heteroatoms. The van der Waals surface area contributed by atoms with Crippen molar-refractivity contribution in [3.8, 4) is 0 Å². The van der Waals surface area contributed by atoms with Crippen molar-refractivity contribution in [1.82, 2.24) is 5.32 Å². The number of rotatable bonds is 9. The van der Waals surface area contributed by atoms with Gasteiger partial charge in [0.2, 0.25) is 5.91 Å². The molecule has 0 spiro atoms. The van der Waals surface area contributed by atoms with Gasteiger partial charge >= 0.3 is 0 Å². The number of carbonyl (C=O) groups is 1. The van der Waals surface area contributed by atoms with Crippen LogP contribution in [0.5, 0.6) is 0 Å². The number of fused-ring (bicyclic) bond motifs is 1. The number of ether oxygens (including phenoxy) is 3. The van der Waals surface area contributed by atoms with Crippen LogP contribution < -0.4 is 5.32 Å². The zero-order valence-corrected chi connectivity index (χ0v) is 18.0. The molecule has 1 N–H and O–H groups in total. The number of amides is 1. The smallest absolute Gasteiger partial charge is 0.222 e. The number of carbonyl (C=O) groups excluding carboxylic acids is 1. The Hall–Kier alpha value is -2.47. The van der Waals surface area contributed by atoms with Crippen molar-refractivity contribution in [1.29, 1.82) is 0 Å². The highest BCUT2D eigenvalue weighted by Gasteiger charge is 2.42. The molecule has 2 aliphatic rings. The van der Waals surface area contributed by atoms with Crippen molar-refractivity contribution >= 4 is 5.91 Å². The van der Waals surface area contributed by atoms with E-state index in [4.69, 9.17) is 14.2 Å². The zero-order chi connectivity index (χ0) is 21.5. The lowest BCUT2D eigenvalue weighted by Gasteiger charge is -2.43. The molecule has 0 saturated carbocycles. The Morgan fingerprint density at radius 3 is 2.26 bits per heavy atom. The minimum absolute atomic E-state index is 0.0326. The SMILES string of the molecule is CCOC1NC(=O)C[C@@H]2C(COCc3ccccc3)=C[C@H](OCc3ccccc3)C[C@H]12. The Labute approximate surface area is 184 Å². The summed E-state index contributed by atoms with van der Waals surface area (Å²) in [6.45, 7) is 4.12. The summed E-state index contributed by atoms with van der Waals surface area (Å²) in [5.74, 6) is 0.341. The number of hydrogen-bond acceptors (Lipinski definition) is 4. The second-order valence-corrected chi connectivity index (χ2v) is 8.21. The van der Waals surface area contributed by atoms with Gasteiger partial charge in [-0.3, -0.25) is 4.79 Å². The van der Waals surface area contributed by atoms with Crippen LogP contribution in [0.3, 0.4) is 0 Å². The van der Waals surface area contributed by atoms with Gasteiger partial charge in [-0.2, -0.15) is 0 Å². The first-order valence-corrected chi connectivity index (χ1v) is 11.1. The molecular weight excluding hydrogens is 390 g/mol.